The van der Waals surface area contributed by atoms with Gasteiger partial charge in [0, 0.05) is 5.69 Å². The van der Waals surface area contributed by atoms with Crippen LogP contribution in [0.5, 0.6) is 5.75 Å². The number of carbonyl (C=O) groups is 1. The monoisotopic (exact) mass is 324 g/mol. The Morgan fingerprint density at radius 2 is 1.75 bits per heavy atom. The molecule has 2 N–H and O–H groups in total. The molecule has 24 heavy (non-hydrogen) atoms. The number of para-hydroxylation sites is 3. The Labute approximate surface area is 143 Å². The van der Waals surface area contributed by atoms with Gasteiger partial charge in [-0.2, -0.15) is 0 Å². The van der Waals surface area contributed by atoms with Gasteiger partial charge in [0.2, 0.25) is 5.91 Å². The lowest BCUT2D eigenvalue weighted by atomic mass is 10.1. The third-order valence-corrected chi connectivity index (χ3v) is 3.55. The second-order valence-electron chi connectivity index (χ2n) is 5.91. The third kappa shape index (κ3) is 4.88. The molecule has 0 saturated carbocycles. The minimum Gasteiger partial charge on any atom is -0.487 e. The number of amides is 1. The lowest BCUT2D eigenvalue weighted by Gasteiger charge is -2.14. The zero-order valence-electron chi connectivity index (χ0n) is 14.5. The number of anilines is 2. The average Bonchev–Trinajstić information content (AvgIpc) is 2.55. The van der Waals surface area contributed by atoms with Crippen molar-refractivity contribution in [3.05, 3.63) is 65.7 Å². The van der Waals surface area contributed by atoms with E-state index in [1.54, 1.807) is 0 Å². The molecule has 1 amide bonds. The smallest absolute Gasteiger partial charge is 0.243 e. The van der Waals surface area contributed by atoms with Crippen LogP contribution in [0.15, 0.2) is 54.6 Å². The molecular weight excluding hydrogens is 300 g/mol. The Bertz CT molecular complexity index is 718. The highest BCUT2D eigenvalue weighted by atomic mass is 16.5. The first-order valence-electron chi connectivity index (χ1n) is 7.93. The quantitative estimate of drug-likeness (QED) is 0.746. The van der Waals surface area contributed by atoms with Crippen LogP contribution in [0.25, 0.3) is 0 Å². The number of rotatable bonds is 7. The first kappa shape index (κ1) is 17.6. The predicted octanol–water partition coefficient (Wildman–Crippen LogP) is 4.31. The van der Waals surface area contributed by atoms with Gasteiger partial charge in [0.25, 0.3) is 0 Å². The molecule has 0 spiro atoms. The van der Waals surface area contributed by atoms with Crippen LogP contribution >= 0.6 is 0 Å². The molecule has 2 aromatic carbocycles. The first-order chi connectivity index (χ1) is 11.5. The maximum absolute atomic E-state index is 12.2. The third-order valence-electron chi connectivity index (χ3n) is 3.55. The van der Waals surface area contributed by atoms with E-state index in [2.05, 4.69) is 17.2 Å². The standard InChI is InChI=1S/C20H24N2O2/c1-14(2)13-24-18-11-6-5-10-17(18)21-12-19(23)22-20-15(3)8-7-9-16(20)4/h5-11,21H,1,12-13H2,2-4H3,(H,22,23). The summed E-state index contributed by atoms with van der Waals surface area (Å²) in [6, 6.07) is 13.5. The van der Waals surface area contributed by atoms with E-state index in [0.29, 0.717) is 12.4 Å². The Morgan fingerprint density at radius 1 is 1.08 bits per heavy atom. The highest BCUT2D eigenvalue weighted by Gasteiger charge is 2.09. The number of hydrogen-bond acceptors (Lipinski definition) is 3. The molecule has 0 aliphatic heterocycles. The van der Waals surface area contributed by atoms with Crippen molar-refractivity contribution in [3.63, 3.8) is 0 Å². The van der Waals surface area contributed by atoms with E-state index in [1.807, 2.05) is 63.2 Å². The van der Waals surface area contributed by atoms with Crippen molar-refractivity contribution in [1.82, 2.24) is 0 Å². The van der Waals surface area contributed by atoms with Crippen LogP contribution in [0, 0.1) is 13.8 Å². The van der Waals surface area contributed by atoms with Gasteiger partial charge in [0.1, 0.15) is 12.4 Å². The van der Waals surface area contributed by atoms with Crippen LogP contribution in [0.4, 0.5) is 11.4 Å². The number of aryl methyl sites for hydroxylation is 2. The van der Waals surface area contributed by atoms with E-state index in [4.69, 9.17) is 4.74 Å². The number of benzene rings is 2. The van der Waals surface area contributed by atoms with Crippen LogP contribution in [-0.4, -0.2) is 19.1 Å². The van der Waals surface area contributed by atoms with Crippen molar-refractivity contribution in [2.75, 3.05) is 23.8 Å². The second kappa shape index (κ2) is 8.20. The highest BCUT2D eigenvalue weighted by molar-refractivity contribution is 5.95. The highest BCUT2D eigenvalue weighted by Crippen LogP contribution is 2.24. The summed E-state index contributed by atoms with van der Waals surface area (Å²) in [5.74, 6) is 0.613. The minimum atomic E-state index is -0.0953. The molecule has 0 atom stereocenters. The van der Waals surface area contributed by atoms with Crippen LogP contribution in [0.3, 0.4) is 0 Å². The van der Waals surface area contributed by atoms with E-state index in [1.165, 1.54) is 0 Å². The molecule has 0 radical (unpaired) electrons. The molecule has 2 rings (SSSR count). The predicted molar refractivity (Wildman–Crippen MR) is 99.8 cm³/mol. The van der Waals surface area contributed by atoms with Crippen LogP contribution < -0.4 is 15.4 Å². The Hall–Kier alpha value is -2.75. The Kier molecular flexibility index (Phi) is 6.01. The van der Waals surface area contributed by atoms with Crippen molar-refractivity contribution in [2.24, 2.45) is 0 Å². The average molecular weight is 324 g/mol. The second-order valence-corrected chi connectivity index (χ2v) is 5.91. The van der Waals surface area contributed by atoms with E-state index in [9.17, 15) is 4.79 Å². The van der Waals surface area contributed by atoms with Gasteiger partial charge in [-0.25, -0.2) is 0 Å². The summed E-state index contributed by atoms with van der Waals surface area (Å²) in [7, 11) is 0. The molecule has 4 heteroatoms. The van der Waals surface area contributed by atoms with Crippen molar-refractivity contribution in [3.8, 4) is 5.75 Å². The summed E-state index contributed by atoms with van der Waals surface area (Å²) in [4.78, 5) is 12.2. The fourth-order valence-electron chi connectivity index (χ4n) is 2.31. The molecule has 2 aromatic rings. The van der Waals surface area contributed by atoms with Crippen LogP contribution in [0.2, 0.25) is 0 Å². The minimum absolute atomic E-state index is 0.0953. The maximum atomic E-state index is 12.2. The summed E-state index contributed by atoms with van der Waals surface area (Å²) in [5, 5.41) is 6.09. The van der Waals surface area contributed by atoms with Gasteiger partial charge in [0.05, 0.1) is 12.2 Å². The molecular formula is C20H24N2O2. The van der Waals surface area contributed by atoms with E-state index in [-0.39, 0.29) is 12.5 Å². The molecule has 0 fully saturated rings. The molecule has 0 aliphatic carbocycles. The zero-order chi connectivity index (χ0) is 17.5. The fourth-order valence-corrected chi connectivity index (χ4v) is 2.31. The number of hydrogen-bond donors (Lipinski definition) is 2. The van der Waals surface area contributed by atoms with Gasteiger partial charge in [-0.05, 0) is 49.6 Å². The molecule has 0 aromatic heterocycles. The number of nitrogens with one attached hydrogen (secondary N) is 2. The fraction of sp³-hybridized carbons (Fsp3) is 0.250. The van der Waals surface area contributed by atoms with Crippen molar-refractivity contribution in [2.45, 2.75) is 20.8 Å². The molecule has 0 heterocycles. The van der Waals surface area contributed by atoms with Gasteiger partial charge in [-0.15, -0.1) is 0 Å². The van der Waals surface area contributed by atoms with Crippen LogP contribution in [0.1, 0.15) is 18.1 Å². The summed E-state index contributed by atoms with van der Waals surface area (Å²) >= 11 is 0. The van der Waals surface area contributed by atoms with E-state index < -0.39 is 0 Å². The number of ether oxygens (including phenoxy) is 1. The molecule has 0 unspecified atom stereocenters. The van der Waals surface area contributed by atoms with Crippen LogP contribution in [-0.2, 0) is 4.79 Å². The summed E-state index contributed by atoms with van der Waals surface area (Å²) < 4.78 is 5.69. The topological polar surface area (TPSA) is 50.4 Å². The van der Waals surface area contributed by atoms with E-state index in [0.717, 1.165) is 28.1 Å². The summed E-state index contributed by atoms with van der Waals surface area (Å²) in [6.07, 6.45) is 0. The lowest BCUT2D eigenvalue weighted by molar-refractivity contribution is -0.114. The first-order valence-corrected chi connectivity index (χ1v) is 7.93. The lowest BCUT2D eigenvalue weighted by Crippen LogP contribution is -2.23. The summed E-state index contributed by atoms with van der Waals surface area (Å²) in [6.45, 7) is 10.3. The zero-order valence-corrected chi connectivity index (χ0v) is 14.5. The van der Waals surface area contributed by atoms with Crippen molar-refractivity contribution in [1.29, 1.82) is 0 Å². The summed E-state index contributed by atoms with van der Waals surface area (Å²) in [5.41, 5.74) is 4.70. The maximum Gasteiger partial charge on any atom is 0.243 e. The molecule has 4 nitrogen and oxygen atoms in total. The van der Waals surface area contributed by atoms with Gasteiger partial charge in [-0.3, -0.25) is 4.79 Å². The molecule has 0 saturated heterocycles. The molecule has 126 valence electrons. The van der Waals surface area contributed by atoms with Crippen molar-refractivity contribution >= 4 is 17.3 Å². The van der Waals surface area contributed by atoms with Gasteiger partial charge >= 0.3 is 0 Å². The van der Waals surface area contributed by atoms with Gasteiger partial charge in [0.15, 0.2) is 0 Å². The van der Waals surface area contributed by atoms with Gasteiger partial charge < -0.3 is 15.4 Å². The Morgan fingerprint density at radius 3 is 2.42 bits per heavy atom. The van der Waals surface area contributed by atoms with E-state index >= 15 is 0 Å². The number of carbonyl (C=O) groups excluding carboxylic acids is 1. The van der Waals surface area contributed by atoms with Gasteiger partial charge in [-0.1, -0.05) is 36.9 Å². The molecule has 0 bridgehead atoms. The SMILES string of the molecule is C=C(C)COc1ccccc1NCC(=O)Nc1c(C)cccc1C. The van der Waals surface area contributed by atoms with Crippen molar-refractivity contribution < 1.29 is 9.53 Å². The largest absolute Gasteiger partial charge is 0.487 e. The molecule has 0 aliphatic rings. The normalized spacial score (nSPS) is 10.1. The Balaban J connectivity index is 1.98.